The maximum absolute atomic E-state index is 11.9. The second-order valence-corrected chi connectivity index (χ2v) is 4.71. The highest BCUT2D eigenvalue weighted by Crippen LogP contribution is 2.34. The molecule has 0 aliphatic carbocycles. The summed E-state index contributed by atoms with van der Waals surface area (Å²) >= 11 is 0. The highest BCUT2D eigenvalue weighted by Gasteiger charge is 2.25. The molecule has 1 aromatic carbocycles. The van der Waals surface area contributed by atoms with Crippen LogP contribution in [0.1, 0.15) is 18.9 Å². The number of nitrogens with zero attached hydrogens (tertiary/aromatic N) is 1. The molecule has 0 saturated heterocycles. The topological polar surface area (TPSA) is 121 Å². The molecule has 1 aromatic heterocycles. The van der Waals surface area contributed by atoms with Gasteiger partial charge in [-0.3, -0.25) is 4.79 Å². The summed E-state index contributed by atoms with van der Waals surface area (Å²) in [5, 5.41) is 11.4. The number of hydrogen-bond acceptors (Lipinski definition) is 5. The Bertz CT molecular complexity index is 693. The van der Waals surface area contributed by atoms with Crippen LogP contribution in [0, 0.1) is 0 Å². The van der Waals surface area contributed by atoms with E-state index < -0.39 is 17.9 Å². The molecule has 112 valence electrons. The summed E-state index contributed by atoms with van der Waals surface area (Å²) in [5.74, 6) is -1.19. The van der Waals surface area contributed by atoms with E-state index in [1.165, 1.54) is 11.7 Å². The summed E-state index contributed by atoms with van der Waals surface area (Å²) in [6, 6.07) is 4.26. The van der Waals surface area contributed by atoms with E-state index in [0.29, 0.717) is 16.5 Å². The molecule has 0 saturated carbocycles. The molecule has 1 amide bonds. The third kappa shape index (κ3) is 2.76. The number of aromatic nitrogens is 1. The Morgan fingerprint density at radius 2 is 2.10 bits per heavy atom. The number of methoxy groups -OCH3 is 1. The van der Waals surface area contributed by atoms with Gasteiger partial charge in [0.1, 0.15) is 6.04 Å². The number of primary amides is 1. The van der Waals surface area contributed by atoms with Crippen molar-refractivity contribution in [1.29, 1.82) is 0 Å². The fraction of sp³-hybridized carbons (Fsp3) is 0.286. The summed E-state index contributed by atoms with van der Waals surface area (Å²) in [6.07, 6.45) is 1.71. The minimum absolute atomic E-state index is 0.00319. The number of fused-ring (bicyclic) bond motifs is 1. The Hall–Kier alpha value is -2.70. The molecule has 0 spiro atoms. The molecule has 7 nitrogen and oxygen atoms in total. The average Bonchev–Trinajstić information content (AvgIpc) is 2.78. The molecule has 0 aliphatic rings. The van der Waals surface area contributed by atoms with Gasteiger partial charge in [0.25, 0.3) is 0 Å². The number of ether oxygens (including phenoxy) is 1. The standard InChI is InChI=1S/C14H17N3O4/c1-21-14(20)11(5-6-12(16)18)17-7-9-8(13(17)19)3-2-4-10(9)15/h2-4,7,11,19H,5-6,15H2,1H3,(H2,16,18). The molecule has 0 aliphatic heterocycles. The maximum atomic E-state index is 11.9. The van der Waals surface area contributed by atoms with E-state index in [-0.39, 0.29) is 18.7 Å². The SMILES string of the molecule is COC(=O)C(CCC(N)=O)n1cc2c(N)cccc2c1O. The fourth-order valence-corrected chi connectivity index (χ4v) is 2.28. The van der Waals surface area contributed by atoms with Crippen molar-refractivity contribution in [2.45, 2.75) is 18.9 Å². The number of anilines is 1. The van der Waals surface area contributed by atoms with Gasteiger partial charge in [-0.15, -0.1) is 0 Å². The monoisotopic (exact) mass is 291 g/mol. The van der Waals surface area contributed by atoms with Crippen LogP contribution in [-0.2, 0) is 14.3 Å². The van der Waals surface area contributed by atoms with Gasteiger partial charge in [0.2, 0.25) is 5.91 Å². The smallest absolute Gasteiger partial charge is 0.328 e. The van der Waals surface area contributed by atoms with Crippen LogP contribution < -0.4 is 11.5 Å². The first-order valence-corrected chi connectivity index (χ1v) is 6.39. The van der Waals surface area contributed by atoms with Crippen LogP contribution >= 0.6 is 0 Å². The molecule has 0 fully saturated rings. The molecular weight excluding hydrogens is 274 g/mol. The third-order valence-electron chi connectivity index (χ3n) is 3.37. The number of nitrogens with two attached hydrogens (primary N) is 2. The van der Waals surface area contributed by atoms with Crippen LogP contribution in [0.4, 0.5) is 5.69 Å². The summed E-state index contributed by atoms with van der Waals surface area (Å²) in [5.41, 5.74) is 11.5. The summed E-state index contributed by atoms with van der Waals surface area (Å²) in [6.45, 7) is 0. The second kappa shape index (κ2) is 5.74. The van der Waals surface area contributed by atoms with E-state index >= 15 is 0 Å². The van der Waals surface area contributed by atoms with Crippen molar-refractivity contribution in [2.75, 3.05) is 12.8 Å². The van der Waals surface area contributed by atoms with Crippen LogP contribution in [0.5, 0.6) is 5.88 Å². The molecule has 1 unspecified atom stereocenters. The first-order valence-electron chi connectivity index (χ1n) is 6.39. The lowest BCUT2D eigenvalue weighted by atomic mass is 10.1. The molecule has 0 radical (unpaired) electrons. The number of carbonyl (C=O) groups is 2. The predicted octanol–water partition coefficient (Wildman–Crippen LogP) is 0.909. The van der Waals surface area contributed by atoms with Crippen LogP contribution in [0.3, 0.4) is 0 Å². The maximum Gasteiger partial charge on any atom is 0.328 e. The lowest BCUT2D eigenvalue weighted by Gasteiger charge is -2.16. The highest BCUT2D eigenvalue weighted by atomic mass is 16.5. The summed E-state index contributed by atoms with van der Waals surface area (Å²) in [7, 11) is 1.24. The van der Waals surface area contributed by atoms with Crippen LogP contribution in [0.15, 0.2) is 24.4 Å². The Balaban J connectivity index is 2.49. The normalized spacial score (nSPS) is 12.2. The highest BCUT2D eigenvalue weighted by molar-refractivity contribution is 5.97. The van der Waals surface area contributed by atoms with Gasteiger partial charge >= 0.3 is 5.97 Å². The zero-order valence-corrected chi connectivity index (χ0v) is 11.6. The Morgan fingerprint density at radius 3 is 2.67 bits per heavy atom. The number of aromatic hydroxyl groups is 1. The fourth-order valence-electron chi connectivity index (χ4n) is 2.28. The molecule has 5 N–H and O–H groups in total. The van der Waals surface area contributed by atoms with Crippen molar-refractivity contribution < 1.29 is 19.4 Å². The molecule has 0 bridgehead atoms. The van der Waals surface area contributed by atoms with Crippen molar-refractivity contribution in [2.24, 2.45) is 5.73 Å². The summed E-state index contributed by atoms with van der Waals surface area (Å²) in [4.78, 5) is 22.8. The Kier molecular flexibility index (Phi) is 4.02. The van der Waals surface area contributed by atoms with E-state index in [1.54, 1.807) is 24.4 Å². The van der Waals surface area contributed by atoms with E-state index in [0.717, 1.165) is 0 Å². The molecule has 7 heteroatoms. The van der Waals surface area contributed by atoms with Gasteiger partial charge in [-0.25, -0.2) is 4.79 Å². The number of rotatable bonds is 5. The van der Waals surface area contributed by atoms with Crippen LogP contribution in [0.2, 0.25) is 0 Å². The van der Waals surface area contributed by atoms with Gasteiger partial charge in [-0.2, -0.15) is 0 Å². The first-order chi connectivity index (χ1) is 9.95. The van der Waals surface area contributed by atoms with E-state index in [4.69, 9.17) is 16.2 Å². The van der Waals surface area contributed by atoms with Crippen molar-refractivity contribution in [3.05, 3.63) is 24.4 Å². The molecule has 1 heterocycles. The zero-order chi connectivity index (χ0) is 15.6. The predicted molar refractivity (Wildman–Crippen MR) is 77.5 cm³/mol. The number of amides is 1. The summed E-state index contributed by atoms with van der Waals surface area (Å²) < 4.78 is 6.08. The molecule has 1 atom stereocenters. The molecule has 2 rings (SSSR count). The van der Waals surface area contributed by atoms with Gasteiger partial charge in [-0.05, 0) is 18.6 Å². The van der Waals surface area contributed by atoms with Crippen molar-refractivity contribution in [1.82, 2.24) is 4.57 Å². The Morgan fingerprint density at radius 1 is 1.38 bits per heavy atom. The third-order valence-corrected chi connectivity index (χ3v) is 3.37. The van der Waals surface area contributed by atoms with Crippen molar-refractivity contribution >= 4 is 28.3 Å². The average molecular weight is 291 g/mol. The number of carbonyl (C=O) groups excluding carboxylic acids is 2. The van der Waals surface area contributed by atoms with Crippen LogP contribution in [0.25, 0.3) is 10.8 Å². The van der Waals surface area contributed by atoms with Gasteiger partial charge in [0.15, 0.2) is 5.88 Å². The second-order valence-electron chi connectivity index (χ2n) is 4.71. The lowest BCUT2D eigenvalue weighted by Crippen LogP contribution is -2.22. The minimum Gasteiger partial charge on any atom is -0.494 e. The molecular formula is C14H17N3O4. The van der Waals surface area contributed by atoms with Gasteiger partial charge < -0.3 is 25.9 Å². The lowest BCUT2D eigenvalue weighted by molar-refractivity contribution is -0.145. The Labute approximate surface area is 121 Å². The van der Waals surface area contributed by atoms with Gasteiger partial charge in [0.05, 0.1) is 7.11 Å². The first kappa shape index (κ1) is 14.7. The molecule has 21 heavy (non-hydrogen) atoms. The van der Waals surface area contributed by atoms with Gasteiger partial charge in [0, 0.05) is 29.1 Å². The number of hydrogen-bond donors (Lipinski definition) is 3. The number of benzene rings is 1. The van der Waals surface area contributed by atoms with Crippen LogP contribution in [-0.4, -0.2) is 28.7 Å². The van der Waals surface area contributed by atoms with E-state index in [1.807, 2.05) is 0 Å². The van der Waals surface area contributed by atoms with Crippen molar-refractivity contribution in [3.63, 3.8) is 0 Å². The largest absolute Gasteiger partial charge is 0.494 e. The zero-order valence-electron chi connectivity index (χ0n) is 11.6. The number of esters is 1. The molecule has 2 aromatic rings. The number of nitrogen functional groups attached to an aromatic ring is 1. The van der Waals surface area contributed by atoms with Gasteiger partial charge in [-0.1, -0.05) is 6.07 Å². The van der Waals surface area contributed by atoms with Crippen molar-refractivity contribution in [3.8, 4) is 5.88 Å². The van der Waals surface area contributed by atoms with E-state index in [2.05, 4.69) is 0 Å². The minimum atomic E-state index is -0.839. The quantitative estimate of drug-likeness (QED) is 0.558. The van der Waals surface area contributed by atoms with E-state index in [9.17, 15) is 14.7 Å².